The highest BCUT2D eigenvalue weighted by Crippen LogP contribution is 2.28. The Kier molecular flexibility index (Phi) is 3.28. The molecule has 0 radical (unpaired) electrons. The maximum absolute atomic E-state index is 13.7. The molecule has 1 fully saturated rings. The van der Waals surface area contributed by atoms with E-state index < -0.39 is 11.6 Å². The number of anilines is 1. The van der Waals surface area contributed by atoms with Crippen LogP contribution >= 0.6 is 0 Å². The quantitative estimate of drug-likeness (QED) is 0.749. The zero-order chi connectivity index (χ0) is 12.4. The van der Waals surface area contributed by atoms with Gasteiger partial charge in [-0.1, -0.05) is 6.92 Å². The minimum Gasteiger partial charge on any atom is -0.367 e. The second-order valence-electron chi connectivity index (χ2n) is 4.57. The third-order valence-corrected chi connectivity index (χ3v) is 3.25. The molecule has 1 aliphatic rings. The van der Waals surface area contributed by atoms with Crippen LogP contribution in [0.1, 0.15) is 25.3 Å². The molecule has 0 aliphatic carbocycles. The van der Waals surface area contributed by atoms with Crippen molar-refractivity contribution in [2.75, 3.05) is 18.0 Å². The van der Waals surface area contributed by atoms with Gasteiger partial charge in [-0.25, -0.2) is 8.78 Å². The summed E-state index contributed by atoms with van der Waals surface area (Å²) < 4.78 is 27.5. The minimum atomic E-state index is -0.642. The summed E-state index contributed by atoms with van der Waals surface area (Å²) in [5.74, 6) is -0.678. The lowest BCUT2D eigenvalue weighted by Crippen LogP contribution is -2.34. The van der Waals surface area contributed by atoms with Gasteiger partial charge in [0.1, 0.15) is 5.69 Å². The summed E-state index contributed by atoms with van der Waals surface area (Å²) in [6.07, 6.45) is 1.89. The normalized spacial score (nSPS) is 16.9. The van der Waals surface area contributed by atoms with Crippen molar-refractivity contribution in [2.45, 2.75) is 19.8 Å². The van der Waals surface area contributed by atoms with E-state index in [1.54, 1.807) is 11.0 Å². The van der Waals surface area contributed by atoms with Crippen LogP contribution in [-0.4, -0.2) is 13.1 Å². The minimum absolute atomic E-state index is 0.0101. The summed E-state index contributed by atoms with van der Waals surface area (Å²) in [6, 6.07) is 3.93. The molecular weight excluding hydrogens is 222 g/mol. The molecule has 0 N–H and O–H groups in total. The summed E-state index contributed by atoms with van der Waals surface area (Å²) in [5.41, 5.74) is 0.0324. The Morgan fingerprint density at radius 2 is 1.76 bits per heavy atom. The zero-order valence-electron chi connectivity index (χ0n) is 9.71. The molecule has 1 aromatic carbocycles. The second-order valence-corrected chi connectivity index (χ2v) is 4.57. The number of rotatable bonds is 1. The van der Waals surface area contributed by atoms with Gasteiger partial charge in [-0.05, 0) is 30.9 Å². The lowest BCUT2D eigenvalue weighted by atomic mass is 9.98. The first-order valence-electron chi connectivity index (χ1n) is 5.76. The van der Waals surface area contributed by atoms with Crippen molar-refractivity contribution in [2.24, 2.45) is 5.92 Å². The van der Waals surface area contributed by atoms with Crippen LogP contribution in [0.4, 0.5) is 14.5 Å². The van der Waals surface area contributed by atoms with Crippen LogP contribution < -0.4 is 4.90 Å². The number of hydrogen-bond acceptors (Lipinski definition) is 2. The first-order chi connectivity index (χ1) is 8.11. The van der Waals surface area contributed by atoms with Gasteiger partial charge in [0.2, 0.25) is 0 Å². The Morgan fingerprint density at radius 3 is 2.24 bits per heavy atom. The van der Waals surface area contributed by atoms with Crippen molar-refractivity contribution in [3.63, 3.8) is 0 Å². The van der Waals surface area contributed by atoms with Gasteiger partial charge >= 0.3 is 0 Å². The van der Waals surface area contributed by atoms with Crippen LogP contribution in [0.3, 0.4) is 0 Å². The van der Waals surface area contributed by atoms with Gasteiger partial charge in [0, 0.05) is 13.1 Å². The fraction of sp³-hybridized carbons (Fsp3) is 0.462. The Bertz CT molecular complexity index is 434. The monoisotopic (exact) mass is 236 g/mol. The third kappa shape index (κ3) is 2.38. The van der Waals surface area contributed by atoms with Gasteiger partial charge < -0.3 is 4.90 Å². The van der Waals surface area contributed by atoms with E-state index in [2.05, 4.69) is 6.92 Å². The molecule has 1 heterocycles. The molecule has 0 atom stereocenters. The van der Waals surface area contributed by atoms with Crippen molar-refractivity contribution in [3.8, 4) is 6.07 Å². The van der Waals surface area contributed by atoms with Crippen LogP contribution in [0.15, 0.2) is 12.1 Å². The first-order valence-corrected chi connectivity index (χ1v) is 5.76. The van der Waals surface area contributed by atoms with E-state index >= 15 is 0 Å². The summed E-state index contributed by atoms with van der Waals surface area (Å²) in [4.78, 5) is 1.73. The molecule has 0 bridgehead atoms. The van der Waals surface area contributed by atoms with E-state index in [4.69, 9.17) is 5.26 Å². The third-order valence-electron chi connectivity index (χ3n) is 3.25. The molecule has 17 heavy (non-hydrogen) atoms. The summed E-state index contributed by atoms with van der Waals surface area (Å²) >= 11 is 0. The molecule has 0 aromatic heterocycles. The molecule has 1 saturated heterocycles. The number of halogens is 2. The molecule has 0 saturated carbocycles. The Morgan fingerprint density at radius 1 is 1.24 bits per heavy atom. The second kappa shape index (κ2) is 4.70. The van der Waals surface area contributed by atoms with Crippen molar-refractivity contribution in [1.29, 1.82) is 5.26 Å². The van der Waals surface area contributed by atoms with E-state index in [1.165, 1.54) is 0 Å². The van der Waals surface area contributed by atoms with E-state index in [0.717, 1.165) is 25.0 Å². The van der Waals surface area contributed by atoms with E-state index in [9.17, 15) is 8.78 Å². The lowest BCUT2D eigenvalue weighted by molar-refractivity contribution is 0.429. The van der Waals surface area contributed by atoms with Crippen LogP contribution in [-0.2, 0) is 0 Å². The number of nitriles is 1. The van der Waals surface area contributed by atoms with Crippen LogP contribution in [0.25, 0.3) is 0 Å². The SMILES string of the molecule is CC1CCN(c2c(F)cc(C#N)cc2F)CC1. The molecule has 1 aromatic rings. The fourth-order valence-electron chi connectivity index (χ4n) is 2.16. The van der Waals surface area contributed by atoms with Crippen molar-refractivity contribution in [1.82, 2.24) is 0 Å². The van der Waals surface area contributed by atoms with E-state index in [1.807, 2.05) is 0 Å². The molecule has 0 amide bonds. The largest absolute Gasteiger partial charge is 0.367 e. The standard InChI is InChI=1S/C13H14F2N2/c1-9-2-4-17(5-3-9)13-11(14)6-10(8-16)7-12(13)15/h6-7,9H,2-5H2,1H3. The van der Waals surface area contributed by atoms with Gasteiger partial charge in [0.25, 0.3) is 0 Å². The van der Waals surface area contributed by atoms with E-state index in [-0.39, 0.29) is 11.3 Å². The summed E-state index contributed by atoms with van der Waals surface area (Å²) in [7, 11) is 0. The van der Waals surface area contributed by atoms with Crippen LogP contribution in [0.2, 0.25) is 0 Å². The summed E-state index contributed by atoms with van der Waals surface area (Å²) in [5, 5.41) is 8.63. The zero-order valence-corrected chi connectivity index (χ0v) is 9.71. The van der Waals surface area contributed by atoms with Gasteiger partial charge in [-0.2, -0.15) is 5.26 Å². The highest BCUT2D eigenvalue weighted by Gasteiger charge is 2.22. The van der Waals surface area contributed by atoms with Gasteiger partial charge in [0.05, 0.1) is 11.6 Å². The van der Waals surface area contributed by atoms with Crippen LogP contribution in [0.5, 0.6) is 0 Å². The van der Waals surface area contributed by atoms with E-state index in [0.29, 0.717) is 19.0 Å². The van der Waals surface area contributed by atoms with Crippen molar-refractivity contribution >= 4 is 5.69 Å². The highest BCUT2D eigenvalue weighted by atomic mass is 19.1. The Balaban J connectivity index is 2.30. The molecular formula is C13H14F2N2. The fourth-order valence-corrected chi connectivity index (χ4v) is 2.16. The Labute approximate surface area is 99.5 Å². The highest BCUT2D eigenvalue weighted by molar-refractivity contribution is 5.52. The lowest BCUT2D eigenvalue weighted by Gasteiger charge is -2.32. The predicted molar refractivity (Wildman–Crippen MR) is 61.7 cm³/mol. The predicted octanol–water partition coefficient (Wildman–Crippen LogP) is 3.07. The Hall–Kier alpha value is -1.63. The molecule has 0 unspecified atom stereocenters. The van der Waals surface area contributed by atoms with Gasteiger partial charge in [-0.15, -0.1) is 0 Å². The molecule has 90 valence electrons. The van der Waals surface area contributed by atoms with Crippen LogP contribution in [0, 0.1) is 28.9 Å². The smallest absolute Gasteiger partial charge is 0.150 e. The molecule has 4 heteroatoms. The van der Waals surface area contributed by atoms with Crippen molar-refractivity contribution in [3.05, 3.63) is 29.3 Å². The summed E-state index contributed by atoms with van der Waals surface area (Å²) in [6.45, 7) is 3.48. The topological polar surface area (TPSA) is 27.0 Å². The van der Waals surface area contributed by atoms with Crippen molar-refractivity contribution < 1.29 is 8.78 Å². The maximum atomic E-state index is 13.7. The molecule has 0 spiro atoms. The number of nitrogens with zero attached hydrogens (tertiary/aromatic N) is 2. The molecule has 2 rings (SSSR count). The van der Waals surface area contributed by atoms with Gasteiger partial charge in [0.15, 0.2) is 11.6 Å². The first kappa shape index (κ1) is 11.8. The average molecular weight is 236 g/mol. The average Bonchev–Trinajstić information content (AvgIpc) is 2.30. The maximum Gasteiger partial charge on any atom is 0.150 e. The molecule has 1 aliphatic heterocycles. The number of hydrogen-bond donors (Lipinski definition) is 0. The number of piperidine rings is 1. The number of benzene rings is 1. The molecule has 2 nitrogen and oxygen atoms in total. The van der Waals surface area contributed by atoms with Gasteiger partial charge in [-0.3, -0.25) is 0 Å².